The summed E-state index contributed by atoms with van der Waals surface area (Å²) in [5.41, 5.74) is 3.56. The van der Waals surface area contributed by atoms with Crippen LogP contribution in [0.5, 0.6) is 0 Å². The Balaban J connectivity index is 1.78. The molecule has 3 heterocycles. The molecule has 1 saturated heterocycles. The third kappa shape index (κ3) is 2.44. The van der Waals surface area contributed by atoms with Gasteiger partial charge >= 0.3 is 6.09 Å². The Hall–Kier alpha value is -1.86. The molecule has 3 atom stereocenters. The van der Waals surface area contributed by atoms with Crippen molar-refractivity contribution in [3.8, 4) is 0 Å². The minimum absolute atomic E-state index is 0.0166. The number of nitrogens with one attached hydrogen (secondary N) is 2. The van der Waals surface area contributed by atoms with E-state index in [9.17, 15) is 9.00 Å². The highest BCUT2D eigenvalue weighted by Gasteiger charge is 2.41. The molecule has 0 saturated carbocycles. The minimum Gasteiger partial charge on any atom is -0.453 e. The number of carbonyl (C=O) groups is 1. The Morgan fingerprint density at radius 1 is 1.43 bits per heavy atom. The van der Waals surface area contributed by atoms with Gasteiger partial charge in [-0.25, -0.2) is 4.79 Å². The van der Waals surface area contributed by atoms with Gasteiger partial charge in [-0.05, 0) is 18.1 Å². The predicted molar refractivity (Wildman–Crippen MR) is 88.7 cm³/mol. The van der Waals surface area contributed by atoms with Gasteiger partial charge in [0.25, 0.3) is 0 Å². The van der Waals surface area contributed by atoms with Gasteiger partial charge in [0.2, 0.25) is 0 Å². The van der Waals surface area contributed by atoms with Crippen LogP contribution in [0.25, 0.3) is 10.9 Å². The zero-order valence-corrected chi connectivity index (χ0v) is 13.7. The van der Waals surface area contributed by atoms with Crippen LogP contribution in [0, 0.1) is 0 Å². The van der Waals surface area contributed by atoms with E-state index in [4.69, 9.17) is 4.74 Å². The van der Waals surface area contributed by atoms with Gasteiger partial charge in [0.05, 0.1) is 25.1 Å². The van der Waals surface area contributed by atoms with Crippen molar-refractivity contribution in [2.45, 2.75) is 18.5 Å². The van der Waals surface area contributed by atoms with Gasteiger partial charge in [-0.1, -0.05) is 18.2 Å². The van der Waals surface area contributed by atoms with Crippen molar-refractivity contribution in [3.05, 3.63) is 35.5 Å². The number of alkyl carbamates (subject to hydrolysis) is 1. The third-order valence-corrected chi connectivity index (χ3v) is 6.08. The first-order valence-corrected chi connectivity index (χ1v) is 9.19. The van der Waals surface area contributed by atoms with Crippen LogP contribution in [-0.2, 0) is 22.0 Å². The molecule has 1 fully saturated rings. The van der Waals surface area contributed by atoms with Gasteiger partial charge in [-0.15, -0.1) is 0 Å². The number of nitrogens with zero attached hydrogens (tertiary/aromatic N) is 1. The lowest BCUT2D eigenvalue weighted by molar-refractivity contribution is 0.139. The van der Waals surface area contributed by atoms with E-state index in [0.29, 0.717) is 11.6 Å². The van der Waals surface area contributed by atoms with Gasteiger partial charge in [0.1, 0.15) is 0 Å². The van der Waals surface area contributed by atoms with Gasteiger partial charge in [-0.3, -0.25) is 9.11 Å². The standard InChI is InChI=1S/C16H19N3O3S/c1-22-16(20)18-13-8-23(21)9-19-7-6-11-10-4-2-3-5-12(10)17-14(11)15(13)19/h2-5,13,15,17H,6-9H2,1H3,(H,18,20)/t13-,15+,23?/m0/s1. The molecule has 1 aromatic carbocycles. The van der Waals surface area contributed by atoms with Crippen LogP contribution in [0.15, 0.2) is 24.3 Å². The van der Waals surface area contributed by atoms with E-state index in [1.54, 1.807) is 0 Å². The highest BCUT2D eigenvalue weighted by Crippen LogP contribution is 2.38. The zero-order valence-electron chi connectivity index (χ0n) is 12.9. The second-order valence-electron chi connectivity index (χ2n) is 6.05. The fourth-order valence-corrected chi connectivity index (χ4v) is 5.21. The lowest BCUT2D eigenvalue weighted by Gasteiger charge is -2.43. The number of fused-ring (bicyclic) bond motifs is 5. The summed E-state index contributed by atoms with van der Waals surface area (Å²) < 4.78 is 16.9. The average Bonchev–Trinajstić information content (AvgIpc) is 2.92. The molecule has 1 aromatic heterocycles. The Bertz CT molecular complexity index is 788. The quantitative estimate of drug-likeness (QED) is 0.830. The molecule has 7 heteroatoms. The number of methoxy groups -OCH3 is 1. The van der Waals surface area contributed by atoms with Crippen molar-refractivity contribution in [2.24, 2.45) is 0 Å². The Morgan fingerprint density at radius 2 is 2.26 bits per heavy atom. The van der Waals surface area contributed by atoms with Gasteiger partial charge in [0.15, 0.2) is 0 Å². The van der Waals surface area contributed by atoms with E-state index >= 15 is 0 Å². The third-order valence-electron chi connectivity index (χ3n) is 4.73. The number of aromatic amines is 1. The number of rotatable bonds is 1. The maximum atomic E-state index is 12.1. The predicted octanol–water partition coefficient (Wildman–Crippen LogP) is 1.51. The van der Waals surface area contributed by atoms with E-state index in [2.05, 4.69) is 27.3 Å². The van der Waals surface area contributed by atoms with Crippen molar-refractivity contribution in [2.75, 3.05) is 25.3 Å². The van der Waals surface area contributed by atoms with E-state index in [1.165, 1.54) is 18.1 Å². The summed E-state index contributed by atoms with van der Waals surface area (Å²) in [6.45, 7) is 0.852. The van der Waals surface area contributed by atoms with E-state index in [0.717, 1.165) is 24.2 Å². The van der Waals surface area contributed by atoms with E-state index in [-0.39, 0.29) is 12.1 Å². The monoisotopic (exact) mass is 333 g/mol. The number of carbonyl (C=O) groups excluding carboxylic acids is 1. The molecule has 2 aliphatic heterocycles. The number of benzene rings is 1. The minimum atomic E-state index is -0.960. The van der Waals surface area contributed by atoms with Gasteiger partial charge < -0.3 is 15.0 Å². The van der Waals surface area contributed by atoms with Crippen molar-refractivity contribution < 1.29 is 13.7 Å². The number of amides is 1. The largest absolute Gasteiger partial charge is 0.453 e. The van der Waals surface area contributed by atoms with E-state index < -0.39 is 16.9 Å². The zero-order chi connectivity index (χ0) is 16.0. The van der Waals surface area contributed by atoms with Gasteiger partial charge in [0, 0.05) is 39.7 Å². The highest BCUT2D eigenvalue weighted by atomic mass is 32.2. The second kappa shape index (κ2) is 5.65. The number of para-hydroxylation sites is 1. The summed E-state index contributed by atoms with van der Waals surface area (Å²) in [6, 6.07) is 8.06. The molecule has 0 radical (unpaired) electrons. The Morgan fingerprint density at radius 3 is 3.09 bits per heavy atom. The fourth-order valence-electron chi connectivity index (χ4n) is 3.78. The smallest absolute Gasteiger partial charge is 0.407 e. The summed E-state index contributed by atoms with van der Waals surface area (Å²) in [4.78, 5) is 17.4. The van der Waals surface area contributed by atoms with Crippen molar-refractivity contribution in [3.63, 3.8) is 0 Å². The molecule has 2 aromatic rings. The van der Waals surface area contributed by atoms with E-state index in [1.807, 2.05) is 12.1 Å². The number of H-pyrrole nitrogens is 1. The molecule has 2 N–H and O–H groups in total. The molecule has 0 aliphatic carbocycles. The molecule has 2 aliphatic rings. The first kappa shape index (κ1) is 14.7. The summed E-state index contributed by atoms with van der Waals surface area (Å²) in [7, 11) is 0.389. The molecule has 4 rings (SSSR count). The van der Waals surface area contributed by atoms with Crippen LogP contribution in [0.4, 0.5) is 4.79 Å². The number of aromatic nitrogens is 1. The average molecular weight is 333 g/mol. The maximum Gasteiger partial charge on any atom is 0.407 e. The maximum absolute atomic E-state index is 12.1. The molecular formula is C16H19N3O3S. The van der Waals surface area contributed by atoms with Crippen molar-refractivity contribution >= 4 is 27.8 Å². The molecule has 1 amide bonds. The molecule has 23 heavy (non-hydrogen) atoms. The van der Waals surface area contributed by atoms with Crippen LogP contribution in [0.2, 0.25) is 0 Å². The molecule has 0 spiro atoms. The summed E-state index contributed by atoms with van der Waals surface area (Å²) in [5, 5.41) is 4.11. The molecule has 1 unspecified atom stereocenters. The summed E-state index contributed by atoms with van der Waals surface area (Å²) >= 11 is 0. The molecule has 0 bridgehead atoms. The summed E-state index contributed by atoms with van der Waals surface area (Å²) in [5.74, 6) is 1.00. The SMILES string of the molecule is COC(=O)N[C@H]1CS(=O)CN2CCc3c([nH]c4ccccc34)[C@@H]12. The number of hydrogen-bond acceptors (Lipinski definition) is 4. The first-order valence-electron chi connectivity index (χ1n) is 7.70. The lowest BCUT2D eigenvalue weighted by Crippen LogP contribution is -2.56. The van der Waals surface area contributed by atoms with Crippen LogP contribution in [0.1, 0.15) is 17.3 Å². The summed E-state index contributed by atoms with van der Waals surface area (Å²) in [6.07, 6.45) is 0.454. The lowest BCUT2D eigenvalue weighted by atomic mass is 9.93. The van der Waals surface area contributed by atoms with Crippen LogP contribution >= 0.6 is 0 Å². The highest BCUT2D eigenvalue weighted by molar-refractivity contribution is 7.85. The first-order chi connectivity index (χ1) is 11.2. The van der Waals surface area contributed by atoms with Crippen molar-refractivity contribution in [1.82, 2.24) is 15.2 Å². The Labute approximate surface area is 136 Å². The topological polar surface area (TPSA) is 74.4 Å². The molecular weight excluding hydrogens is 314 g/mol. The number of ether oxygens (including phenoxy) is 1. The Kier molecular flexibility index (Phi) is 3.61. The van der Waals surface area contributed by atoms with Crippen LogP contribution < -0.4 is 5.32 Å². The second-order valence-corrected chi connectivity index (χ2v) is 7.52. The van der Waals surface area contributed by atoms with Crippen molar-refractivity contribution in [1.29, 1.82) is 0 Å². The fraction of sp³-hybridized carbons (Fsp3) is 0.438. The number of hydrogen-bond donors (Lipinski definition) is 2. The molecule has 122 valence electrons. The normalized spacial score (nSPS) is 27.3. The van der Waals surface area contributed by atoms with Gasteiger partial charge in [-0.2, -0.15) is 0 Å². The van der Waals surface area contributed by atoms with Crippen LogP contribution in [0.3, 0.4) is 0 Å². The molecule has 6 nitrogen and oxygen atoms in total. The van der Waals surface area contributed by atoms with Crippen LogP contribution in [-0.4, -0.2) is 51.5 Å².